The Labute approximate surface area is 192 Å². The molecule has 2 aromatic carbocycles. The standard InChI is InChI=1S/C23H20F3N3O3S/c24-23(25,26)17-6-4-5-16(13-17)14-19-21(31)29(22(32)33-19)15-20(30)28-11-9-27(10-12-28)18-7-2-1-3-8-18/h1-8,13-14H,9-12,15H2. The smallest absolute Gasteiger partial charge is 0.368 e. The Morgan fingerprint density at radius 2 is 1.67 bits per heavy atom. The zero-order chi connectivity index (χ0) is 23.6. The van der Waals surface area contributed by atoms with Crippen LogP contribution in [0.3, 0.4) is 0 Å². The van der Waals surface area contributed by atoms with Crippen LogP contribution in [0.5, 0.6) is 0 Å². The number of halogens is 3. The summed E-state index contributed by atoms with van der Waals surface area (Å²) in [5.74, 6) is -1.02. The quantitative estimate of drug-likeness (QED) is 0.624. The molecule has 3 amide bonds. The van der Waals surface area contributed by atoms with E-state index in [2.05, 4.69) is 4.90 Å². The highest BCUT2D eigenvalue weighted by Crippen LogP contribution is 2.34. The van der Waals surface area contributed by atoms with E-state index < -0.39 is 29.4 Å². The number of carbonyl (C=O) groups is 3. The normalized spacial score (nSPS) is 18.4. The third kappa shape index (κ3) is 5.22. The zero-order valence-corrected chi connectivity index (χ0v) is 18.2. The molecule has 2 fully saturated rings. The van der Waals surface area contributed by atoms with Gasteiger partial charge in [-0.3, -0.25) is 19.3 Å². The largest absolute Gasteiger partial charge is 0.416 e. The van der Waals surface area contributed by atoms with Crippen molar-refractivity contribution in [3.8, 4) is 0 Å². The Bertz CT molecular complexity index is 1100. The fourth-order valence-electron chi connectivity index (χ4n) is 3.68. The number of imide groups is 1. The molecule has 2 aromatic rings. The third-order valence-corrected chi connectivity index (χ3v) is 6.34. The van der Waals surface area contributed by atoms with Gasteiger partial charge in [0.1, 0.15) is 6.54 Å². The van der Waals surface area contributed by atoms with Crippen LogP contribution in [0.2, 0.25) is 0 Å². The van der Waals surface area contributed by atoms with Crippen molar-refractivity contribution in [3.05, 3.63) is 70.6 Å². The van der Waals surface area contributed by atoms with Gasteiger partial charge in [-0.2, -0.15) is 13.2 Å². The number of anilines is 1. The second-order valence-corrected chi connectivity index (χ2v) is 8.59. The summed E-state index contributed by atoms with van der Waals surface area (Å²) in [6.07, 6.45) is -3.27. The van der Waals surface area contributed by atoms with E-state index in [0.29, 0.717) is 37.9 Å². The van der Waals surface area contributed by atoms with Crippen molar-refractivity contribution < 1.29 is 27.6 Å². The van der Waals surface area contributed by atoms with Crippen LogP contribution in [0.4, 0.5) is 23.7 Å². The van der Waals surface area contributed by atoms with Crippen molar-refractivity contribution in [2.45, 2.75) is 6.18 Å². The molecule has 4 rings (SSSR count). The molecular weight excluding hydrogens is 455 g/mol. The lowest BCUT2D eigenvalue weighted by Crippen LogP contribution is -2.51. The molecule has 0 spiro atoms. The number of alkyl halides is 3. The van der Waals surface area contributed by atoms with Crippen LogP contribution >= 0.6 is 11.8 Å². The average Bonchev–Trinajstić information content (AvgIpc) is 3.06. The lowest BCUT2D eigenvalue weighted by Gasteiger charge is -2.36. The fraction of sp³-hybridized carbons (Fsp3) is 0.261. The zero-order valence-electron chi connectivity index (χ0n) is 17.4. The average molecular weight is 475 g/mol. The maximum Gasteiger partial charge on any atom is 0.416 e. The molecular formula is C23H20F3N3O3S. The van der Waals surface area contributed by atoms with Crippen LogP contribution in [0.25, 0.3) is 6.08 Å². The van der Waals surface area contributed by atoms with Gasteiger partial charge in [-0.15, -0.1) is 0 Å². The van der Waals surface area contributed by atoms with Gasteiger partial charge in [0.25, 0.3) is 11.1 Å². The SMILES string of the molecule is O=C(CN1C(=O)SC(=Cc2cccc(C(F)(F)F)c2)C1=O)N1CCN(c2ccccc2)CC1. The second-order valence-electron chi connectivity index (χ2n) is 7.59. The number of thioether (sulfide) groups is 1. The van der Waals surface area contributed by atoms with Crippen molar-refractivity contribution in [2.24, 2.45) is 0 Å². The van der Waals surface area contributed by atoms with Crippen LogP contribution in [0.15, 0.2) is 59.5 Å². The number of para-hydroxylation sites is 1. The van der Waals surface area contributed by atoms with E-state index in [4.69, 9.17) is 0 Å². The van der Waals surface area contributed by atoms with Crippen molar-refractivity contribution in [3.63, 3.8) is 0 Å². The number of nitrogens with zero attached hydrogens (tertiary/aromatic N) is 3. The monoisotopic (exact) mass is 475 g/mol. The van der Waals surface area contributed by atoms with Crippen molar-refractivity contribution >= 4 is 40.6 Å². The number of carbonyl (C=O) groups excluding carboxylic acids is 3. The predicted molar refractivity (Wildman–Crippen MR) is 119 cm³/mol. The molecule has 0 atom stereocenters. The van der Waals surface area contributed by atoms with E-state index in [1.807, 2.05) is 30.3 Å². The maximum atomic E-state index is 12.9. The van der Waals surface area contributed by atoms with Crippen LogP contribution < -0.4 is 4.90 Å². The molecule has 6 nitrogen and oxygen atoms in total. The summed E-state index contributed by atoms with van der Waals surface area (Å²) in [6.45, 7) is 1.80. The minimum Gasteiger partial charge on any atom is -0.368 e. The van der Waals surface area contributed by atoms with E-state index >= 15 is 0 Å². The van der Waals surface area contributed by atoms with Crippen LogP contribution in [0.1, 0.15) is 11.1 Å². The highest BCUT2D eigenvalue weighted by molar-refractivity contribution is 8.18. The number of hydrogen-bond donors (Lipinski definition) is 0. The highest BCUT2D eigenvalue weighted by atomic mass is 32.2. The Morgan fingerprint density at radius 1 is 0.970 bits per heavy atom. The van der Waals surface area contributed by atoms with E-state index in [1.165, 1.54) is 18.2 Å². The van der Waals surface area contributed by atoms with Gasteiger partial charge in [-0.05, 0) is 47.7 Å². The van der Waals surface area contributed by atoms with Gasteiger partial charge in [-0.1, -0.05) is 30.3 Å². The first kappa shape index (κ1) is 22.9. The first-order valence-corrected chi connectivity index (χ1v) is 11.0. The Morgan fingerprint density at radius 3 is 2.33 bits per heavy atom. The molecule has 2 aliphatic heterocycles. The lowest BCUT2D eigenvalue weighted by molar-refractivity contribution is -0.137. The molecule has 172 valence electrons. The number of piperazine rings is 1. The summed E-state index contributed by atoms with van der Waals surface area (Å²) in [5.41, 5.74) is 0.370. The van der Waals surface area contributed by atoms with Crippen molar-refractivity contribution in [1.29, 1.82) is 0 Å². The number of amides is 3. The first-order chi connectivity index (χ1) is 15.7. The topological polar surface area (TPSA) is 60.9 Å². The van der Waals surface area contributed by atoms with E-state index in [-0.39, 0.29) is 16.4 Å². The fourth-order valence-corrected chi connectivity index (χ4v) is 4.52. The van der Waals surface area contributed by atoms with E-state index in [1.54, 1.807) is 4.90 Å². The molecule has 0 unspecified atom stereocenters. The Balaban J connectivity index is 1.38. The molecule has 33 heavy (non-hydrogen) atoms. The molecule has 2 saturated heterocycles. The number of rotatable bonds is 4. The molecule has 2 aliphatic rings. The van der Waals surface area contributed by atoms with Crippen LogP contribution in [-0.4, -0.2) is 59.6 Å². The van der Waals surface area contributed by atoms with E-state index in [9.17, 15) is 27.6 Å². The molecule has 0 radical (unpaired) electrons. The lowest BCUT2D eigenvalue weighted by atomic mass is 10.1. The molecule has 0 aliphatic carbocycles. The molecule has 0 saturated carbocycles. The molecule has 10 heteroatoms. The summed E-state index contributed by atoms with van der Waals surface area (Å²) >= 11 is 0.615. The van der Waals surface area contributed by atoms with Crippen LogP contribution in [0, 0.1) is 0 Å². The van der Waals surface area contributed by atoms with Crippen molar-refractivity contribution in [2.75, 3.05) is 37.6 Å². The second kappa shape index (κ2) is 9.30. The Kier molecular flexibility index (Phi) is 6.46. The van der Waals surface area contributed by atoms with Gasteiger partial charge < -0.3 is 9.80 Å². The number of benzene rings is 2. The summed E-state index contributed by atoms with van der Waals surface area (Å²) < 4.78 is 38.8. The summed E-state index contributed by atoms with van der Waals surface area (Å²) in [4.78, 5) is 42.3. The number of hydrogen-bond acceptors (Lipinski definition) is 5. The highest BCUT2D eigenvalue weighted by Gasteiger charge is 2.38. The minimum atomic E-state index is -4.51. The minimum absolute atomic E-state index is 0.0129. The maximum absolute atomic E-state index is 12.9. The predicted octanol–water partition coefficient (Wildman–Crippen LogP) is 4.09. The Hall–Kier alpha value is -3.27. The summed E-state index contributed by atoms with van der Waals surface area (Å²) in [5, 5.41) is -0.616. The van der Waals surface area contributed by atoms with E-state index in [0.717, 1.165) is 22.7 Å². The summed E-state index contributed by atoms with van der Waals surface area (Å²) in [6, 6.07) is 14.3. The molecule has 0 aromatic heterocycles. The van der Waals surface area contributed by atoms with Gasteiger partial charge in [0.05, 0.1) is 10.5 Å². The van der Waals surface area contributed by atoms with Crippen LogP contribution in [-0.2, 0) is 15.8 Å². The summed E-state index contributed by atoms with van der Waals surface area (Å²) in [7, 11) is 0. The molecule has 0 bridgehead atoms. The van der Waals surface area contributed by atoms with Gasteiger partial charge in [0.15, 0.2) is 0 Å². The first-order valence-electron chi connectivity index (χ1n) is 10.2. The van der Waals surface area contributed by atoms with Gasteiger partial charge in [0, 0.05) is 31.9 Å². The third-order valence-electron chi connectivity index (χ3n) is 5.43. The van der Waals surface area contributed by atoms with Crippen molar-refractivity contribution in [1.82, 2.24) is 9.80 Å². The van der Waals surface area contributed by atoms with Gasteiger partial charge in [-0.25, -0.2) is 0 Å². The molecule has 2 heterocycles. The van der Waals surface area contributed by atoms with Gasteiger partial charge >= 0.3 is 6.18 Å². The van der Waals surface area contributed by atoms with Gasteiger partial charge in [0.2, 0.25) is 5.91 Å². The molecule has 0 N–H and O–H groups in total.